The number of aromatic amines is 2. The van der Waals surface area contributed by atoms with Crippen molar-refractivity contribution < 1.29 is 0 Å². The average Bonchev–Trinajstić information content (AvgIpc) is 3.31. The fraction of sp³-hybridized carbons (Fsp3) is 0.294. The molecule has 0 unspecified atom stereocenters. The summed E-state index contributed by atoms with van der Waals surface area (Å²) in [6.07, 6.45) is 5.79. The Morgan fingerprint density at radius 3 is 2.88 bits per heavy atom. The highest BCUT2D eigenvalue weighted by molar-refractivity contribution is 5.82. The molecule has 4 rings (SSSR count). The van der Waals surface area contributed by atoms with Crippen molar-refractivity contribution in [2.45, 2.75) is 32.2 Å². The first-order valence-corrected chi connectivity index (χ1v) is 7.89. The van der Waals surface area contributed by atoms with E-state index in [0.29, 0.717) is 23.7 Å². The van der Waals surface area contributed by atoms with Crippen LogP contribution in [0.25, 0.3) is 22.3 Å². The maximum Gasteiger partial charge on any atom is 0.326 e. The quantitative estimate of drug-likeness (QED) is 0.716. The van der Waals surface area contributed by atoms with Gasteiger partial charge in [0.15, 0.2) is 5.52 Å². The van der Waals surface area contributed by atoms with Gasteiger partial charge in [-0.3, -0.25) is 14.5 Å². The molecule has 7 nitrogen and oxygen atoms in total. The second-order valence-electron chi connectivity index (χ2n) is 6.14. The van der Waals surface area contributed by atoms with Crippen molar-refractivity contribution in [3.63, 3.8) is 0 Å². The fourth-order valence-corrected chi connectivity index (χ4v) is 3.02. The maximum atomic E-state index is 12.2. The second-order valence-corrected chi connectivity index (χ2v) is 6.14. The third kappa shape index (κ3) is 2.38. The molecule has 0 bridgehead atoms. The van der Waals surface area contributed by atoms with Crippen LogP contribution in [0.15, 0.2) is 34.5 Å². The Hall–Kier alpha value is -2.96. The van der Waals surface area contributed by atoms with Crippen molar-refractivity contribution in [2.75, 3.05) is 0 Å². The molecular weight excluding hydrogens is 306 g/mol. The molecule has 0 atom stereocenters. The third-order valence-electron chi connectivity index (χ3n) is 4.29. The predicted octanol–water partition coefficient (Wildman–Crippen LogP) is 1.85. The number of nitrogens with zero attached hydrogens (tertiary/aromatic N) is 3. The summed E-state index contributed by atoms with van der Waals surface area (Å²) in [5.41, 5.74) is 3.25. The van der Waals surface area contributed by atoms with E-state index < -0.39 is 11.2 Å². The summed E-state index contributed by atoms with van der Waals surface area (Å²) in [6.45, 7) is 6.24. The van der Waals surface area contributed by atoms with Gasteiger partial charge in [0.2, 0.25) is 0 Å². The second kappa shape index (κ2) is 5.30. The number of allylic oxidation sites excluding steroid dienone is 1. The van der Waals surface area contributed by atoms with Gasteiger partial charge < -0.3 is 4.98 Å². The van der Waals surface area contributed by atoms with Crippen LogP contribution in [0, 0.1) is 6.92 Å². The molecular formula is C17H17N5O2. The Morgan fingerprint density at radius 2 is 2.17 bits per heavy atom. The van der Waals surface area contributed by atoms with E-state index in [1.54, 1.807) is 10.8 Å². The van der Waals surface area contributed by atoms with Gasteiger partial charge in [0, 0.05) is 11.8 Å². The van der Waals surface area contributed by atoms with E-state index in [2.05, 4.69) is 26.6 Å². The third-order valence-corrected chi connectivity index (χ3v) is 4.29. The van der Waals surface area contributed by atoms with Gasteiger partial charge in [0.25, 0.3) is 5.56 Å². The first-order valence-electron chi connectivity index (χ1n) is 7.89. The minimum Gasteiger partial charge on any atom is -0.305 e. The SMILES string of the molecule is C=CCn1cc(-c2cc(C3CC3)c3[nH]c(=O)[nH]c(=O)c3n2)c(C)n1. The first kappa shape index (κ1) is 14.6. The number of aryl methyl sites for hydroxylation is 1. The Balaban J connectivity index is 1.98. The van der Waals surface area contributed by atoms with Gasteiger partial charge in [-0.2, -0.15) is 5.10 Å². The van der Waals surface area contributed by atoms with Crippen LogP contribution < -0.4 is 11.2 Å². The Bertz CT molecular complexity index is 1070. The van der Waals surface area contributed by atoms with E-state index in [-0.39, 0.29) is 5.52 Å². The molecule has 0 saturated heterocycles. The molecule has 0 amide bonds. The Kier molecular flexibility index (Phi) is 3.23. The molecule has 1 aliphatic carbocycles. The highest BCUT2D eigenvalue weighted by atomic mass is 16.2. The van der Waals surface area contributed by atoms with E-state index in [1.165, 1.54) is 0 Å². The summed E-state index contributed by atoms with van der Waals surface area (Å²) in [4.78, 5) is 33.3. The van der Waals surface area contributed by atoms with Crippen LogP contribution in [0.5, 0.6) is 0 Å². The van der Waals surface area contributed by atoms with Gasteiger partial charge in [0.05, 0.1) is 23.4 Å². The minimum absolute atomic E-state index is 0.268. The lowest BCUT2D eigenvalue weighted by atomic mass is 10.1. The van der Waals surface area contributed by atoms with Crippen LogP contribution in [-0.4, -0.2) is 24.7 Å². The van der Waals surface area contributed by atoms with Gasteiger partial charge in [-0.15, -0.1) is 6.58 Å². The van der Waals surface area contributed by atoms with Crippen molar-refractivity contribution in [1.29, 1.82) is 0 Å². The molecule has 0 aromatic carbocycles. The number of rotatable bonds is 4. The van der Waals surface area contributed by atoms with Crippen LogP contribution in [-0.2, 0) is 6.54 Å². The van der Waals surface area contributed by atoms with Crippen molar-refractivity contribution in [3.8, 4) is 11.3 Å². The van der Waals surface area contributed by atoms with Crippen LogP contribution in [0.2, 0.25) is 0 Å². The smallest absolute Gasteiger partial charge is 0.305 e. The lowest BCUT2D eigenvalue weighted by Crippen LogP contribution is -2.23. The Labute approximate surface area is 137 Å². The van der Waals surface area contributed by atoms with Crippen LogP contribution >= 0.6 is 0 Å². The highest BCUT2D eigenvalue weighted by Gasteiger charge is 2.28. The van der Waals surface area contributed by atoms with Crippen molar-refractivity contribution in [1.82, 2.24) is 24.7 Å². The number of pyridine rings is 1. The van der Waals surface area contributed by atoms with Crippen LogP contribution in [0.1, 0.15) is 30.0 Å². The average molecular weight is 323 g/mol. The molecule has 3 aromatic rings. The summed E-state index contributed by atoms with van der Waals surface area (Å²) < 4.78 is 1.79. The number of nitrogens with one attached hydrogen (secondary N) is 2. The predicted molar refractivity (Wildman–Crippen MR) is 91.1 cm³/mol. The molecule has 3 heterocycles. The van der Waals surface area contributed by atoms with E-state index >= 15 is 0 Å². The molecule has 3 aromatic heterocycles. The molecule has 122 valence electrons. The van der Waals surface area contributed by atoms with E-state index in [0.717, 1.165) is 29.7 Å². The van der Waals surface area contributed by atoms with E-state index in [4.69, 9.17) is 0 Å². The van der Waals surface area contributed by atoms with Crippen molar-refractivity contribution >= 4 is 11.0 Å². The highest BCUT2D eigenvalue weighted by Crippen LogP contribution is 2.43. The lowest BCUT2D eigenvalue weighted by molar-refractivity contribution is 0.695. The van der Waals surface area contributed by atoms with Crippen molar-refractivity contribution in [2.24, 2.45) is 0 Å². The molecule has 0 aliphatic heterocycles. The normalized spacial score (nSPS) is 14.2. The molecule has 24 heavy (non-hydrogen) atoms. The number of aromatic nitrogens is 5. The summed E-state index contributed by atoms with van der Waals surface area (Å²) in [5, 5.41) is 4.45. The van der Waals surface area contributed by atoms with E-state index in [1.807, 2.05) is 19.2 Å². The summed E-state index contributed by atoms with van der Waals surface area (Å²) >= 11 is 0. The molecule has 7 heteroatoms. The van der Waals surface area contributed by atoms with Gasteiger partial charge in [-0.1, -0.05) is 6.08 Å². The van der Waals surface area contributed by atoms with Crippen LogP contribution in [0.4, 0.5) is 0 Å². The van der Waals surface area contributed by atoms with Gasteiger partial charge in [0.1, 0.15) is 0 Å². The molecule has 2 N–H and O–H groups in total. The summed E-state index contributed by atoms with van der Waals surface area (Å²) in [6, 6.07) is 1.97. The zero-order valence-corrected chi connectivity index (χ0v) is 13.3. The minimum atomic E-state index is -0.501. The first-order chi connectivity index (χ1) is 11.6. The monoisotopic (exact) mass is 323 g/mol. The molecule has 0 radical (unpaired) electrons. The Morgan fingerprint density at radius 1 is 1.38 bits per heavy atom. The topological polar surface area (TPSA) is 96.4 Å². The molecule has 1 aliphatic rings. The van der Waals surface area contributed by atoms with E-state index in [9.17, 15) is 9.59 Å². The fourth-order valence-electron chi connectivity index (χ4n) is 3.02. The van der Waals surface area contributed by atoms with Crippen molar-refractivity contribution in [3.05, 3.63) is 57.0 Å². The maximum absolute atomic E-state index is 12.2. The standard InChI is InChI=1S/C17H17N5O2/c1-3-6-22-8-12(9(2)21-22)13-7-11(10-4-5-10)14-15(18-13)16(23)20-17(24)19-14/h3,7-8,10H,1,4-6H2,2H3,(H2,19,20,23,24). The number of hydrogen-bond acceptors (Lipinski definition) is 4. The molecule has 1 saturated carbocycles. The lowest BCUT2D eigenvalue weighted by Gasteiger charge is -2.07. The van der Waals surface area contributed by atoms with Gasteiger partial charge in [-0.05, 0) is 37.3 Å². The zero-order chi connectivity index (χ0) is 16.8. The zero-order valence-electron chi connectivity index (χ0n) is 13.3. The molecule has 0 spiro atoms. The van der Waals surface area contributed by atoms with Gasteiger partial charge in [-0.25, -0.2) is 9.78 Å². The number of H-pyrrole nitrogens is 2. The summed E-state index contributed by atoms with van der Waals surface area (Å²) in [7, 11) is 0. The summed E-state index contributed by atoms with van der Waals surface area (Å²) in [5.74, 6) is 0.371. The van der Waals surface area contributed by atoms with Gasteiger partial charge >= 0.3 is 5.69 Å². The van der Waals surface area contributed by atoms with Crippen LogP contribution in [0.3, 0.4) is 0 Å². The molecule has 1 fully saturated rings. The largest absolute Gasteiger partial charge is 0.326 e. The number of hydrogen-bond donors (Lipinski definition) is 2. The number of fused-ring (bicyclic) bond motifs is 1.